The number of hydrogen-bond donors (Lipinski definition) is 1. The minimum absolute atomic E-state index is 0.227. The van der Waals surface area contributed by atoms with Gasteiger partial charge >= 0.3 is 12.4 Å². The van der Waals surface area contributed by atoms with E-state index in [0.29, 0.717) is 16.7 Å². The number of carbonyl (C=O) groups is 1. The summed E-state index contributed by atoms with van der Waals surface area (Å²) < 4.78 is 42.6. The molecule has 0 radical (unpaired) electrons. The van der Waals surface area contributed by atoms with Crippen LogP contribution in [0.1, 0.15) is 38.3 Å². The fourth-order valence-electron chi connectivity index (χ4n) is 4.75. The number of carbonyl (C=O) groups excluding carboxylic acids is 1. The van der Waals surface area contributed by atoms with E-state index in [1.165, 1.54) is 40.8 Å². The van der Waals surface area contributed by atoms with E-state index in [1.807, 2.05) is 43.3 Å². The Kier molecular flexibility index (Phi) is 9.38. The SMILES string of the molecule is CCc1ccccc1N1/C(=N/C(=O)N/C=C(\C)c2ccc(-c3ncn(-c4ccc(OC(F)(F)F)cc4)n3)cc2)SCCC1C. The molecule has 2 amide bonds. The molecule has 12 heteroatoms. The number of aryl methyl sites for hydroxylation is 1. The highest BCUT2D eigenvalue weighted by atomic mass is 32.2. The number of halogens is 3. The molecule has 0 spiro atoms. The summed E-state index contributed by atoms with van der Waals surface area (Å²) in [5.74, 6) is 1.04. The molecule has 44 heavy (non-hydrogen) atoms. The summed E-state index contributed by atoms with van der Waals surface area (Å²) in [7, 11) is 0. The van der Waals surface area contributed by atoms with Crippen LogP contribution < -0.4 is 15.0 Å². The first-order valence-corrected chi connectivity index (χ1v) is 15.0. The molecule has 0 saturated carbocycles. The zero-order chi connectivity index (χ0) is 31.3. The lowest BCUT2D eigenvalue weighted by Gasteiger charge is -2.36. The number of nitrogens with zero attached hydrogens (tertiary/aromatic N) is 5. The van der Waals surface area contributed by atoms with Gasteiger partial charge < -0.3 is 15.0 Å². The van der Waals surface area contributed by atoms with E-state index in [0.717, 1.165) is 41.0 Å². The summed E-state index contributed by atoms with van der Waals surface area (Å²) >= 11 is 1.58. The molecule has 1 aliphatic rings. The van der Waals surface area contributed by atoms with Gasteiger partial charge in [0.25, 0.3) is 0 Å². The van der Waals surface area contributed by atoms with E-state index < -0.39 is 12.4 Å². The van der Waals surface area contributed by atoms with Crippen LogP contribution in [-0.2, 0) is 6.42 Å². The average molecular weight is 621 g/mol. The molecule has 0 bridgehead atoms. The number of rotatable bonds is 7. The fraction of sp³-hybridized carbons (Fsp3) is 0.250. The summed E-state index contributed by atoms with van der Waals surface area (Å²) in [6.45, 7) is 6.17. The second kappa shape index (κ2) is 13.4. The van der Waals surface area contributed by atoms with E-state index in [1.54, 1.807) is 18.0 Å². The molecule has 3 aromatic carbocycles. The van der Waals surface area contributed by atoms with Crippen LogP contribution in [0.2, 0.25) is 0 Å². The minimum Gasteiger partial charge on any atom is -0.406 e. The molecule has 1 aromatic heterocycles. The van der Waals surface area contributed by atoms with Crippen molar-refractivity contribution in [1.29, 1.82) is 0 Å². The van der Waals surface area contributed by atoms with Crippen LogP contribution in [0.3, 0.4) is 0 Å². The number of amides is 2. The van der Waals surface area contributed by atoms with Crippen LogP contribution in [-0.4, -0.2) is 44.1 Å². The normalized spacial score (nSPS) is 16.7. The first kappa shape index (κ1) is 30.9. The lowest BCUT2D eigenvalue weighted by molar-refractivity contribution is -0.274. The maximum Gasteiger partial charge on any atom is 0.573 e. The molecule has 5 rings (SSSR count). The molecule has 2 heterocycles. The van der Waals surface area contributed by atoms with Crippen LogP contribution in [0.4, 0.5) is 23.7 Å². The lowest BCUT2D eigenvalue weighted by atomic mass is 10.1. The number of ether oxygens (including phenoxy) is 1. The van der Waals surface area contributed by atoms with Gasteiger partial charge in [0.05, 0.1) is 5.69 Å². The van der Waals surface area contributed by atoms with Crippen LogP contribution in [0, 0.1) is 0 Å². The molecule has 1 atom stereocenters. The summed E-state index contributed by atoms with van der Waals surface area (Å²) in [6, 6.07) is 20.9. The van der Waals surface area contributed by atoms with E-state index in [9.17, 15) is 18.0 Å². The van der Waals surface area contributed by atoms with Gasteiger partial charge in [0.1, 0.15) is 12.1 Å². The van der Waals surface area contributed by atoms with Gasteiger partial charge in [-0.25, -0.2) is 14.5 Å². The Morgan fingerprint density at radius 1 is 1.11 bits per heavy atom. The molecule has 8 nitrogen and oxygen atoms in total. The molecule has 0 aliphatic carbocycles. The van der Waals surface area contributed by atoms with Crippen molar-refractivity contribution >= 4 is 34.2 Å². The zero-order valence-electron chi connectivity index (χ0n) is 24.4. The number of aliphatic imine (C=N–C) groups is 1. The Morgan fingerprint density at radius 3 is 2.55 bits per heavy atom. The monoisotopic (exact) mass is 620 g/mol. The van der Waals surface area contributed by atoms with Gasteiger partial charge in [-0.2, -0.15) is 4.99 Å². The number of urea groups is 1. The van der Waals surface area contributed by atoms with Gasteiger partial charge in [-0.3, -0.25) is 0 Å². The van der Waals surface area contributed by atoms with Gasteiger partial charge in [0.2, 0.25) is 0 Å². The van der Waals surface area contributed by atoms with Crippen molar-refractivity contribution in [2.24, 2.45) is 4.99 Å². The minimum atomic E-state index is -4.75. The maximum absolute atomic E-state index is 12.9. The van der Waals surface area contributed by atoms with E-state index in [2.05, 4.69) is 56.0 Å². The smallest absolute Gasteiger partial charge is 0.406 e. The summed E-state index contributed by atoms with van der Waals surface area (Å²) in [5, 5.41) is 7.93. The first-order chi connectivity index (χ1) is 21.1. The highest BCUT2D eigenvalue weighted by molar-refractivity contribution is 8.14. The largest absolute Gasteiger partial charge is 0.573 e. The van der Waals surface area contributed by atoms with Gasteiger partial charge in [-0.15, -0.1) is 18.3 Å². The van der Waals surface area contributed by atoms with Gasteiger partial charge in [-0.1, -0.05) is 61.2 Å². The number of aromatic nitrogens is 3. The highest BCUT2D eigenvalue weighted by Crippen LogP contribution is 2.32. The predicted octanol–water partition coefficient (Wildman–Crippen LogP) is 7.85. The van der Waals surface area contributed by atoms with Crippen molar-refractivity contribution in [3.05, 3.63) is 96.5 Å². The maximum atomic E-state index is 12.9. The summed E-state index contributed by atoms with van der Waals surface area (Å²) in [6.07, 6.45) is 0.264. The van der Waals surface area contributed by atoms with Crippen molar-refractivity contribution in [3.8, 4) is 22.8 Å². The fourth-order valence-corrected chi connectivity index (χ4v) is 5.96. The third-order valence-corrected chi connectivity index (χ3v) is 8.07. The Bertz CT molecular complexity index is 1670. The molecule has 4 aromatic rings. The Hall–Kier alpha value is -4.58. The van der Waals surface area contributed by atoms with Crippen LogP contribution in [0.15, 0.2) is 90.3 Å². The van der Waals surface area contributed by atoms with Crippen LogP contribution in [0.25, 0.3) is 22.6 Å². The molecule has 1 fully saturated rings. The lowest BCUT2D eigenvalue weighted by Crippen LogP contribution is -2.42. The van der Waals surface area contributed by atoms with Gasteiger partial charge in [-0.05, 0) is 73.7 Å². The number of allylic oxidation sites excluding steroid dienone is 1. The first-order valence-electron chi connectivity index (χ1n) is 14.1. The van der Waals surface area contributed by atoms with E-state index in [-0.39, 0.29) is 11.8 Å². The number of para-hydroxylation sites is 1. The standard InChI is InChI=1S/C32H31F3N6O2S/c1-4-23-7-5-6-8-28(23)41-22(3)17-18-44-31(41)38-30(42)36-19-21(2)24-9-11-25(12-10-24)29-37-20-40(39-29)26-13-15-27(16-14-26)43-32(33,34)35/h5-16,19-20,22H,4,17-18H2,1-3H3,(H,36,42)/b21-19+,38-31-. The Morgan fingerprint density at radius 2 is 1.84 bits per heavy atom. The van der Waals surface area contributed by atoms with Crippen molar-refractivity contribution in [1.82, 2.24) is 20.1 Å². The molecular formula is C32H31F3N6O2S. The highest BCUT2D eigenvalue weighted by Gasteiger charge is 2.31. The number of alkyl halides is 3. The van der Waals surface area contributed by atoms with E-state index >= 15 is 0 Å². The average Bonchev–Trinajstić information content (AvgIpc) is 3.50. The Labute approximate surface area is 257 Å². The number of nitrogens with one attached hydrogen (secondary N) is 1. The number of amidine groups is 1. The summed E-state index contributed by atoms with van der Waals surface area (Å²) in [5.41, 5.74) is 5.31. The van der Waals surface area contributed by atoms with Crippen molar-refractivity contribution < 1.29 is 22.7 Å². The zero-order valence-corrected chi connectivity index (χ0v) is 25.2. The van der Waals surface area contributed by atoms with Crippen LogP contribution in [0.5, 0.6) is 5.75 Å². The number of hydrogen-bond acceptors (Lipinski definition) is 5. The second-order valence-corrected chi connectivity index (χ2v) is 11.2. The van der Waals surface area contributed by atoms with Crippen molar-refractivity contribution in [3.63, 3.8) is 0 Å². The molecule has 228 valence electrons. The third-order valence-electron chi connectivity index (χ3n) is 7.08. The van der Waals surface area contributed by atoms with Gasteiger partial charge in [0, 0.05) is 29.2 Å². The van der Waals surface area contributed by atoms with E-state index in [4.69, 9.17) is 0 Å². The molecular weight excluding hydrogens is 589 g/mol. The van der Waals surface area contributed by atoms with Gasteiger partial charge in [0.15, 0.2) is 11.0 Å². The predicted molar refractivity (Wildman–Crippen MR) is 168 cm³/mol. The molecule has 1 N–H and O–H groups in total. The number of benzene rings is 3. The van der Waals surface area contributed by atoms with Crippen molar-refractivity contribution in [2.45, 2.75) is 46.0 Å². The van der Waals surface area contributed by atoms with Crippen molar-refractivity contribution in [2.75, 3.05) is 10.7 Å². The quantitative estimate of drug-likeness (QED) is 0.227. The number of anilines is 1. The van der Waals surface area contributed by atoms with Crippen LogP contribution >= 0.6 is 11.8 Å². The third kappa shape index (κ3) is 7.49. The molecule has 1 aliphatic heterocycles. The second-order valence-electron chi connectivity index (χ2n) is 10.1. The molecule has 1 saturated heterocycles. The summed E-state index contributed by atoms with van der Waals surface area (Å²) in [4.78, 5) is 23.8. The number of thioether (sulfide) groups is 1. The topological polar surface area (TPSA) is 84.6 Å². The Balaban J connectivity index is 1.24. The molecule has 1 unspecified atom stereocenters.